The van der Waals surface area contributed by atoms with E-state index in [1.54, 1.807) is 12.1 Å². The summed E-state index contributed by atoms with van der Waals surface area (Å²) in [5.41, 5.74) is 1.04. The van der Waals surface area contributed by atoms with E-state index in [0.717, 1.165) is 5.56 Å². The van der Waals surface area contributed by atoms with Gasteiger partial charge in [-0.15, -0.1) is 5.56 Å². The van der Waals surface area contributed by atoms with Crippen LogP contribution in [0.15, 0.2) is 48.5 Å². The quantitative estimate of drug-likeness (QED) is 0.565. The minimum atomic E-state index is -0.283. The van der Waals surface area contributed by atoms with Crippen LogP contribution in [0.2, 0.25) is 0 Å². The summed E-state index contributed by atoms with van der Waals surface area (Å²) >= 11 is 0. The molecule has 17 heavy (non-hydrogen) atoms. The topological polar surface area (TPSA) is 9.23 Å². The van der Waals surface area contributed by atoms with Crippen molar-refractivity contribution in [2.45, 2.75) is 6.61 Å². The van der Waals surface area contributed by atoms with E-state index in [1.165, 1.54) is 12.1 Å². The first-order valence-corrected chi connectivity index (χ1v) is 4.68. The van der Waals surface area contributed by atoms with Gasteiger partial charge in [-0.25, -0.2) is 4.39 Å². The van der Waals surface area contributed by atoms with Crippen molar-refractivity contribution in [3.8, 4) is 5.75 Å². The summed E-state index contributed by atoms with van der Waals surface area (Å²) in [4.78, 5) is 0. The SMILES string of the molecule is Fc1cccc(OCc2cc[c-]cc2)c1.[Br-].[Mg+2]. The Morgan fingerprint density at radius 2 is 1.82 bits per heavy atom. The second-order valence-corrected chi connectivity index (χ2v) is 3.15. The van der Waals surface area contributed by atoms with E-state index in [4.69, 9.17) is 4.74 Å². The molecule has 0 amide bonds. The summed E-state index contributed by atoms with van der Waals surface area (Å²) in [5, 5.41) is 0. The van der Waals surface area contributed by atoms with Crippen molar-refractivity contribution in [3.05, 3.63) is 66.0 Å². The average molecular weight is 305 g/mol. The van der Waals surface area contributed by atoms with Gasteiger partial charge in [-0.2, -0.15) is 30.3 Å². The molecule has 0 spiro atoms. The fourth-order valence-corrected chi connectivity index (χ4v) is 1.24. The van der Waals surface area contributed by atoms with Crippen molar-refractivity contribution < 1.29 is 26.1 Å². The molecule has 0 unspecified atom stereocenters. The average Bonchev–Trinajstić information content (AvgIpc) is 2.28. The van der Waals surface area contributed by atoms with E-state index in [9.17, 15) is 4.39 Å². The Kier molecular flexibility index (Phi) is 8.21. The third-order valence-corrected chi connectivity index (χ3v) is 1.99. The Hall–Kier alpha value is -0.584. The zero-order valence-corrected chi connectivity index (χ0v) is 12.2. The van der Waals surface area contributed by atoms with Gasteiger partial charge in [-0.05, 0) is 12.1 Å². The van der Waals surface area contributed by atoms with Crippen molar-refractivity contribution in [3.63, 3.8) is 0 Å². The first-order chi connectivity index (χ1) is 7.34. The van der Waals surface area contributed by atoms with Gasteiger partial charge in [-0.3, -0.25) is 0 Å². The number of ether oxygens (including phenoxy) is 1. The minimum Gasteiger partial charge on any atom is -1.00 e. The summed E-state index contributed by atoms with van der Waals surface area (Å²) in [6.07, 6.45) is 0. The molecule has 0 fully saturated rings. The maximum Gasteiger partial charge on any atom is 2.00 e. The van der Waals surface area contributed by atoms with Gasteiger partial charge in [0.1, 0.15) is 11.6 Å². The third-order valence-electron chi connectivity index (χ3n) is 1.99. The van der Waals surface area contributed by atoms with Gasteiger partial charge in [0.2, 0.25) is 0 Å². The maximum absolute atomic E-state index is 12.8. The Morgan fingerprint density at radius 3 is 2.47 bits per heavy atom. The number of rotatable bonds is 3. The molecule has 0 atom stereocenters. The molecule has 0 heterocycles. The number of benzene rings is 2. The molecule has 0 radical (unpaired) electrons. The molecule has 0 aromatic heterocycles. The van der Waals surface area contributed by atoms with E-state index < -0.39 is 0 Å². The molecule has 0 N–H and O–H groups in total. The Morgan fingerprint density at radius 1 is 1.12 bits per heavy atom. The molecule has 2 rings (SSSR count). The molecule has 0 aliphatic heterocycles. The van der Waals surface area contributed by atoms with Gasteiger partial charge < -0.3 is 21.7 Å². The predicted octanol–water partition coefficient (Wildman–Crippen LogP) is -0.172. The van der Waals surface area contributed by atoms with Crippen molar-refractivity contribution in [1.29, 1.82) is 0 Å². The molecule has 1 nitrogen and oxygen atoms in total. The number of hydrogen-bond donors (Lipinski definition) is 0. The Labute approximate surface area is 127 Å². The molecule has 0 bridgehead atoms. The summed E-state index contributed by atoms with van der Waals surface area (Å²) in [5.74, 6) is 0.261. The molecule has 4 heteroatoms. The molecule has 0 aliphatic rings. The van der Waals surface area contributed by atoms with Gasteiger partial charge >= 0.3 is 23.1 Å². The summed E-state index contributed by atoms with van der Waals surface area (Å²) in [6, 6.07) is 16.5. The van der Waals surface area contributed by atoms with Gasteiger partial charge in [0, 0.05) is 6.07 Å². The molecule has 0 aliphatic carbocycles. The van der Waals surface area contributed by atoms with Crippen LogP contribution < -0.4 is 21.7 Å². The van der Waals surface area contributed by atoms with Crippen molar-refractivity contribution in [2.75, 3.05) is 0 Å². The molecular weight excluding hydrogens is 295 g/mol. The number of halogens is 2. The molecular formula is C13H10BrFMgO. The monoisotopic (exact) mass is 304 g/mol. The van der Waals surface area contributed by atoms with Crippen LogP contribution in [0, 0.1) is 11.9 Å². The predicted molar refractivity (Wildman–Crippen MR) is 61.8 cm³/mol. The van der Waals surface area contributed by atoms with Crippen LogP contribution in [0.4, 0.5) is 4.39 Å². The van der Waals surface area contributed by atoms with Crippen LogP contribution in [0.5, 0.6) is 5.75 Å². The Balaban J connectivity index is 0.00000128. The first kappa shape index (κ1) is 16.4. The summed E-state index contributed by atoms with van der Waals surface area (Å²) in [6.45, 7) is 0.443. The first-order valence-electron chi connectivity index (χ1n) is 4.68. The molecule has 2 aromatic carbocycles. The Bertz CT molecular complexity index is 436. The van der Waals surface area contributed by atoms with Crippen LogP contribution in [-0.4, -0.2) is 23.1 Å². The standard InChI is InChI=1S/C13H10FO.BrH.Mg/c14-12-7-4-8-13(9-12)15-10-11-5-2-1-3-6-11;;/h2-9H,10H2;1H;/q-1;;+2/p-1. The van der Waals surface area contributed by atoms with Gasteiger partial charge in [0.25, 0.3) is 0 Å². The molecule has 0 saturated heterocycles. The molecule has 0 saturated carbocycles. The zero-order valence-electron chi connectivity index (χ0n) is 9.20. The van der Waals surface area contributed by atoms with Gasteiger partial charge in [0.05, 0.1) is 6.61 Å². The van der Waals surface area contributed by atoms with E-state index in [0.29, 0.717) is 12.4 Å². The largest absolute Gasteiger partial charge is 2.00 e. The van der Waals surface area contributed by atoms with E-state index >= 15 is 0 Å². The van der Waals surface area contributed by atoms with Crippen LogP contribution in [0.3, 0.4) is 0 Å². The van der Waals surface area contributed by atoms with Crippen LogP contribution in [0.1, 0.15) is 5.56 Å². The third kappa shape index (κ3) is 5.52. The summed E-state index contributed by atoms with van der Waals surface area (Å²) < 4.78 is 18.2. The van der Waals surface area contributed by atoms with E-state index in [1.807, 2.05) is 24.3 Å². The fraction of sp³-hybridized carbons (Fsp3) is 0.0769. The number of hydrogen-bond acceptors (Lipinski definition) is 1. The van der Waals surface area contributed by atoms with E-state index in [2.05, 4.69) is 6.07 Å². The van der Waals surface area contributed by atoms with Crippen molar-refractivity contribution >= 4 is 23.1 Å². The fourth-order valence-electron chi connectivity index (χ4n) is 1.24. The van der Waals surface area contributed by atoms with E-state index in [-0.39, 0.29) is 45.9 Å². The summed E-state index contributed by atoms with van der Waals surface area (Å²) in [7, 11) is 0. The van der Waals surface area contributed by atoms with Gasteiger partial charge in [0.15, 0.2) is 0 Å². The van der Waals surface area contributed by atoms with Gasteiger partial charge in [-0.1, -0.05) is 6.07 Å². The zero-order chi connectivity index (χ0) is 10.5. The van der Waals surface area contributed by atoms with Crippen molar-refractivity contribution in [2.24, 2.45) is 0 Å². The second-order valence-electron chi connectivity index (χ2n) is 3.15. The van der Waals surface area contributed by atoms with Crippen LogP contribution in [0.25, 0.3) is 0 Å². The van der Waals surface area contributed by atoms with Crippen molar-refractivity contribution in [1.82, 2.24) is 0 Å². The normalized spacial score (nSPS) is 8.76. The molecule has 2 aromatic rings. The maximum atomic E-state index is 12.8. The van der Waals surface area contributed by atoms with Crippen LogP contribution in [-0.2, 0) is 6.61 Å². The van der Waals surface area contributed by atoms with Crippen LogP contribution >= 0.6 is 0 Å². The minimum absolute atomic E-state index is 0. The second kappa shape index (κ2) is 8.50. The molecule has 84 valence electrons. The smallest absolute Gasteiger partial charge is 1.00 e.